The molecule has 4 heteroatoms. The molecular weight excluding hydrogens is 230 g/mol. The van der Waals surface area contributed by atoms with E-state index in [-0.39, 0.29) is 5.75 Å². The number of ether oxygens (including phenoxy) is 1. The fourth-order valence-electron chi connectivity index (χ4n) is 0.740. The summed E-state index contributed by atoms with van der Waals surface area (Å²) >= 11 is 2.08. The van der Waals surface area contributed by atoms with E-state index in [2.05, 4.69) is 20.7 Å². The van der Waals surface area contributed by atoms with E-state index in [0.717, 1.165) is 5.56 Å². The van der Waals surface area contributed by atoms with Crippen LogP contribution in [0.15, 0.2) is 24.3 Å². The fraction of sp³-hybridized carbons (Fsp3) is 0.250. The van der Waals surface area contributed by atoms with Crippen molar-refractivity contribution in [3.8, 4) is 5.75 Å². The average Bonchev–Trinajstić information content (AvgIpc) is 1.91. The molecule has 1 nitrogen and oxygen atoms in total. The van der Waals surface area contributed by atoms with Crippen molar-refractivity contribution < 1.29 is 13.5 Å². The maximum absolute atomic E-state index is 12.2. The zero-order valence-electron chi connectivity index (χ0n) is 6.35. The summed E-state index contributed by atoms with van der Waals surface area (Å²) in [6, 6.07) is 6.39. The van der Waals surface area contributed by atoms with Crippen LogP contribution in [0.2, 0.25) is 0 Å². The smallest absolute Gasteiger partial charge is 0.424 e. The quantitative estimate of drug-likeness (QED) is 0.717. The number of alkyl halides is 3. The van der Waals surface area contributed by atoms with Gasteiger partial charge in [0.1, 0.15) is 5.75 Å². The minimum absolute atomic E-state index is 0.141. The fourth-order valence-corrected chi connectivity index (χ4v) is 0.927. The molecule has 0 aliphatic heterocycles. The molecule has 0 atom stereocenters. The maximum atomic E-state index is 12.2. The van der Waals surface area contributed by atoms with Crippen LogP contribution in [0.4, 0.5) is 8.78 Å². The molecule has 0 saturated heterocycles. The van der Waals surface area contributed by atoms with Gasteiger partial charge in [-0.15, -0.1) is 0 Å². The molecule has 0 radical (unpaired) electrons. The Morgan fingerprint density at radius 3 is 2.17 bits per heavy atom. The van der Waals surface area contributed by atoms with Crippen molar-refractivity contribution in [1.29, 1.82) is 0 Å². The van der Waals surface area contributed by atoms with E-state index in [0.29, 0.717) is 0 Å². The SMILES string of the molecule is Cc1ccc(OC(F)(F)Br)cc1. The standard InChI is InChI=1S/C8H7BrF2O/c1-6-2-4-7(5-3-6)12-8(9,10)11/h2-5H,1H3. The van der Waals surface area contributed by atoms with E-state index < -0.39 is 5.02 Å². The van der Waals surface area contributed by atoms with Crippen LogP contribution in [0.1, 0.15) is 5.56 Å². The van der Waals surface area contributed by atoms with Gasteiger partial charge >= 0.3 is 5.02 Å². The summed E-state index contributed by atoms with van der Waals surface area (Å²) in [4.78, 5) is 0. The highest BCUT2D eigenvalue weighted by atomic mass is 79.9. The van der Waals surface area contributed by atoms with Gasteiger partial charge in [0.25, 0.3) is 0 Å². The summed E-state index contributed by atoms with van der Waals surface area (Å²) in [5, 5.41) is -3.29. The molecule has 1 aromatic rings. The van der Waals surface area contributed by atoms with Gasteiger partial charge in [-0.25, -0.2) is 0 Å². The molecule has 1 rings (SSSR count). The van der Waals surface area contributed by atoms with Gasteiger partial charge in [-0.1, -0.05) is 17.7 Å². The molecule has 0 fully saturated rings. The Morgan fingerprint density at radius 1 is 1.25 bits per heavy atom. The van der Waals surface area contributed by atoms with E-state index in [1.807, 2.05) is 6.92 Å². The summed E-state index contributed by atoms with van der Waals surface area (Å²) in [5.74, 6) is 0.141. The van der Waals surface area contributed by atoms with Gasteiger partial charge in [0.2, 0.25) is 0 Å². The van der Waals surface area contributed by atoms with Gasteiger partial charge in [-0.3, -0.25) is 0 Å². The highest BCUT2D eigenvalue weighted by Crippen LogP contribution is 2.26. The largest absolute Gasteiger partial charge is 0.459 e. The Balaban J connectivity index is 2.71. The molecule has 0 aromatic heterocycles. The van der Waals surface area contributed by atoms with E-state index >= 15 is 0 Å². The van der Waals surface area contributed by atoms with Crippen LogP contribution in [0.3, 0.4) is 0 Å². The monoisotopic (exact) mass is 236 g/mol. The van der Waals surface area contributed by atoms with E-state index in [4.69, 9.17) is 0 Å². The van der Waals surface area contributed by atoms with Gasteiger partial charge in [0.15, 0.2) is 0 Å². The molecule has 1 aromatic carbocycles. The van der Waals surface area contributed by atoms with Crippen molar-refractivity contribution in [2.75, 3.05) is 0 Å². The van der Waals surface area contributed by atoms with Gasteiger partial charge in [-0.05, 0) is 19.1 Å². The molecule has 0 unspecified atom stereocenters. The van der Waals surface area contributed by atoms with Gasteiger partial charge in [0.05, 0.1) is 0 Å². The second kappa shape index (κ2) is 3.39. The zero-order valence-corrected chi connectivity index (χ0v) is 7.94. The predicted octanol–water partition coefficient (Wildman–Crippen LogP) is 3.32. The van der Waals surface area contributed by atoms with Crippen molar-refractivity contribution >= 4 is 15.9 Å². The normalized spacial score (nSPS) is 11.3. The maximum Gasteiger partial charge on any atom is 0.459 e. The number of rotatable bonds is 2. The first-order chi connectivity index (χ1) is 5.47. The first kappa shape index (κ1) is 9.45. The van der Waals surface area contributed by atoms with Crippen molar-refractivity contribution in [3.05, 3.63) is 29.8 Å². The average molecular weight is 237 g/mol. The number of aryl methyl sites for hydroxylation is 1. The lowest BCUT2D eigenvalue weighted by atomic mass is 10.2. The number of benzene rings is 1. The number of halogens is 3. The second-order valence-corrected chi connectivity index (χ2v) is 3.28. The Kier molecular flexibility index (Phi) is 2.67. The molecule has 0 spiro atoms. The third kappa shape index (κ3) is 3.17. The van der Waals surface area contributed by atoms with Crippen LogP contribution < -0.4 is 4.74 Å². The van der Waals surface area contributed by atoms with E-state index in [1.54, 1.807) is 12.1 Å². The topological polar surface area (TPSA) is 9.23 Å². The van der Waals surface area contributed by atoms with Crippen LogP contribution >= 0.6 is 15.9 Å². The van der Waals surface area contributed by atoms with E-state index in [9.17, 15) is 8.78 Å². The molecule has 0 amide bonds. The molecule has 66 valence electrons. The Labute approximate surface area is 77.5 Å². The number of hydrogen-bond donors (Lipinski definition) is 0. The van der Waals surface area contributed by atoms with Crippen LogP contribution in [0, 0.1) is 6.92 Å². The summed E-state index contributed by atoms with van der Waals surface area (Å²) < 4.78 is 28.6. The number of hydrogen-bond acceptors (Lipinski definition) is 1. The Bertz CT molecular complexity index is 253. The second-order valence-electron chi connectivity index (χ2n) is 2.36. The van der Waals surface area contributed by atoms with Gasteiger partial charge in [-0.2, -0.15) is 8.78 Å². The molecule has 0 N–H and O–H groups in total. The highest BCUT2D eigenvalue weighted by Gasteiger charge is 2.26. The van der Waals surface area contributed by atoms with Crippen LogP contribution in [0.5, 0.6) is 5.75 Å². The third-order valence-electron chi connectivity index (χ3n) is 1.25. The summed E-state index contributed by atoms with van der Waals surface area (Å²) in [5.41, 5.74) is 1.00. The molecule has 0 bridgehead atoms. The van der Waals surface area contributed by atoms with Crippen LogP contribution in [-0.2, 0) is 0 Å². The third-order valence-corrected chi connectivity index (χ3v) is 1.42. The molecular formula is C8H7BrF2O. The molecule has 0 aliphatic rings. The van der Waals surface area contributed by atoms with Crippen molar-refractivity contribution in [2.24, 2.45) is 0 Å². The lowest BCUT2D eigenvalue weighted by molar-refractivity contribution is -0.0803. The Morgan fingerprint density at radius 2 is 1.75 bits per heavy atom. The van der Waals surface area contributed by atoms with Crippen molar-refractivity contribution in [2.45, 2.75) is 11.9 Å². The lowest BCUT2D eigenvalue weighted by Crippen LogP contribution is -2.14. The first-order valence-electron chi connectivity index (χ1n) is 3.30. The minimum atomic E-state index is -3.29. The molecule has 12 heavy (non-hydrogen) atoms. The zero-order chi connectivity index (χ0) is 9.19. The summed E-state index contributed by atoms with van der Waals surface area (Å²) in [6.45, 7) is 1.87. The van der Waals surface area contributed by atoms with E-state index in [1.165, 1.54) is 12.1 Å². The lowest BCUT2D eigenvalue weighted by Gasteiger charge is -2.10. The summed E-state index contributed by atoms with van der Waals surface area (Å²) in [7, 11) is 0. The molecule has 0 aliphatic carbocycles. The van der Waals surface area contributed by atoms with Gasteiger partial charge < -0.3 is 4.74 Å². The molecule has 0 heterocycles. The van der Waals surface area contributed by atoms with Crippen molar-refractivity contribution in [3.63, 3.8) is 0 Å². The first-order valence-corrected chi connectivity index (χ1v) is 4.09. The predicted molar refractivity (Wildman–Crippen MR) is 45.7 cm³/mol. The minimum Gasteiger partial charge on any atom is -0.424 e. The molecule has 0 saturated carbocycles. The highest BCUT2D eigenvalue weighted by molar-refractivity contribution is 9.09. The van der Waals surface area contributed by atoms with Crippen LogP contribution in [-0.4, -0.2) is 5.02 Å². The van der Waals surface area contributed by atoms with Crippen molar-refractivity contribution in [1.82, 2.24) is 0 Å². The Hall–Kier alpha value is -0.640. The van der Waals surface area contributed by atoms with Gasteiger partial charge in [0, 0.05) is 15.9 Å². The van der Waals surface area contributed by atoms with Crippen LogP contribution in [0.25, 0.3) is 0 Å². The summed E-state index contributed by atoms with van der Waals surface area (Å²) in [6.07, 6.45) is 0.